The number of carboxylic acids is 1. The molecule has 5 nitrogen and oxygen atoms in total. The summed E-state index contributed by atoms with van der Waals surface area (Å²) in [4.78, 5) is 25.0. The minimum atomic E-state index is -1.64. The lowest BCUT2D eigenvalue weighted by atomic mass is 9.82. The number of carbonyl (C=O) groups excluding carboxylic acids is 1. The van der Waals surface area contributed by atoms with Gasteiger partial charge >= 0.3 is 5.97 Å². The fourth-order valence-electron chi connectivity index (χ4n) is 3.38. The van der Waals surface area contributed by atoms with Gasteiger partial charge in [-0.25, -0.2) is 8.78 Å². The van der Waals surface area contributed by atoms with E-state index < -0.39 is 34.7 Å². The molecule has 0 radical (unpaired) electrons. The van der Waals surface area contributed by atoms with Gasteiger partial charge in [0.05, 0.1) is 21.0 Å². The van der Waals surface area contributed by atoms with Crippen molar-refractivity contribution in [2.45, 2.75) is 26.2 Å². The molecule has 0 spiro atoms. The third-order valence-electron chi connectivity index (χ3n) is 4.89. The largest absolute Gasteiger partial charge is 0.503 e. The van der Waals surface area contributed by atoms with Crippen LogP contribution in [0, 0.1) is 18.6 Å². The van der Waals surface area contributed by atoms with Crippen LogP contribution in [0.1, 0.15) is 35.5 Å². The van der Waals surface area contributed by atoms with Gasteiger partial charge in [0.25, 0.3) is 5.91 Å². The summed E-state index contributed by atoms with van der Waals surface area (Å²) >= 11 is 11.8. The average Bonchev–Trinajstić information content (AvgIpc) is 2.93. The number of hydrogen-bond acceptors (Lipinski definition) is 3. The lowest BCUT2D eigenvalue weighted by Crippen LogP contribution is -2.29. The Labute approximate surface area is 174 Å². The first kappa shape index (κ1) is 21.1. The third kappa shape index (κ3) is 3.14. The van der Waals surface area contributed by atoms with Crippen LogP contribution >= 0.6 is 23.2 Å². The predicted octanol–water partition coefficient (Wildman–Crippen LogP) is 5.29. The van der Waals surface area contributed by atoms with E-state index in [-0.39, 0.29) is 37.8 Å². The highest BCUT2D eigenvalue weighted by Gasteiger charge is 2.38. The molecule has 3 rings (SSSR count). The van der Waals surface area contributed by atoms with Gasteiger partial charge in [0, 0.05) is 28.3 Å². The van der Waals surface area contributed by atoms with Crippen LogP contribution in [0.15, 0.2) is 24.3 Å². The number of aromatic nitrogens is 1. The zero-order chi connectivity index (χ0) is 21.8. The normalized spacial score (nSPS) is 11.8. The van der Waals surface area contributed by atoms with E-state index in [9.17, 15) is 28.6 Å². The molecule has 9 heteroatoms. The molecule has 29 heavy (non-hydrogen) atoms. The Balaban J connectivity index is 2.45. The van der Waals surface area contributed by atoms with Crippen LogP contribution in [0.3, 0.4) is 0 Å². The minimum Gasteiger partial charge on any atom is -0.503 e. The third-order valence-corrected chi connectivity index (χ3v) is 5.63. The first-order valence-electron chi connectivity index (χ1n) is 8.35. The summed E-state index contributed by atoms with van der Waals surface area (Å²) in [5.41, 5.74) is -1.74. The van der Waals surface area contributed by atoms with Crippen molar-refractivity contribution in [2.75, 3.05) is 0 Å². The summed E-state index contributed by atoms with van der Waals surface area (Å²) in [6.07, 6.45) is 0. The molecule has 0 saturated heterocycles. The van der Waals surface area contributed by atoms with Gasteiger partial charge in [-0.1, -0.05) is 23.2 Å². The van der Waals surface area contributed by atoms with Crippen LogP contribution in [0.4, 0.5) is 8.78 Å². The second-order valence-corrected chi connectivity index (χ2v) is 7.89. The number of aliphatic carboxylic acids is 1. The van der Waals surface area contributed by atoms with E-state index in [1.54, 1.807) is 0 Å². The van der Waals surface area contributed by atoms with Crippen molar-refractivity contribution < 1.29 is 28.6 Å². The van der Waals surface area contributed by atoms with Crippen molar-refractivity contribution >= 4 is 46.0 Å². The second-order valence-electron chi connectivity index (χ2n) is 7.08. The highest BCUT2D eigenvalue weighted by Crippen LogP contribution is 2.41. The molecule has 2 aromatic carbocycles. The van der Waals surface area contributed by atoms with Gasteiger partial charge in [-0.3, -0.25) is 14.2 Å². The van der Waals surface area contributed by atoms with Crippen LogP contribution in [0.5, 0.6) is 5.75 Å². The first-order chi connectivity index (χ1) is 13.4. The molecule has 0 bridgehead atoms. The molecule has 1 heterocycles. The Morgan fingerprint density at radius 3 is 2.28 bits per heavy atom. The van der Waals surface area contributed by atoms with Crippen molar-refractivity contribution in [1.82, 2.24) is 4.57 Å². The van der Waals surface area contributed by atoms with Gasteiger partial charge in [0.15, 0.2) is 17.4 Å². The second kappa shape index (κ2) is 7.00. The summed E-state index contributed by atoms with van der Waals surface area (Å²) in [5.74, 6) is -5.85. The quantitative estimate of drug-likeness (QED) is 0.578. The number of hydrogen-bond donors (Lipinski definition) is 2. The number of benzene rings is 2. The molecule has 0 aliphatic rings. The monoisotopic (exact) mass is 441 g/mol. The van der Waals surface area contributed by atoms with Crippen molar-refractivity contribution in [3.05, 3.63) is 62.8 Å². The summed E-state index contributed by atoms with van der Waals surface area (Å²) in [5, 5.41) is 19.3. The Hall–Kier alpha value is -2.64. The molecule has 0 amide bonds. The molecule has 152 valence electrons. The van der Waals surface area contributed by atoms with Crippen molar-refractivity contribution in [2.24, 2.45) is 0 Å². The van der Waals surface area contributed by atoms with Crippen LogP contribution in [0.25, 0.3) is 10.9 Å². The Bertz CT molecular complexity index is 1200. The van der Waals surface area contributed by atoms with E-state index in [0.29, 0.717) is 0 Å². The summed E-state index contributed by atoms with van der Waals surface area (Å²) in [7, 11) is 0. The highest BCUT2D eigenvalue weighted by atomic mass is 35.5. The van der Waals surface area contributed by atoms with Crippen molar-refractivity contribution in [3.8, 4) is 5.75 Å². The lowest BCUT2D eigenvalue weighted by molar-refractivity contribution is -0.142. The van der Waals surface area contributed by atoms with E-state index in [1.165, 1.54) is 39.0 Å². The molecule has 0 aliphatic carbocycles. The number of fused-ring (bicyclic) bond motifs is 1. The SMILES string of the molecule is Cc1c(C(C)(C)C(=O)O)c2c(F)c(O)c(F)cc2n1C(=O)c1ccc(Cl)c(Cl)c1. The first-order valence-corrected chi connectivity index (χ1v) is 9.10. The molecule has 3 aromatic rings. The number of carboxylic acid groups (broad SMARTS) is 1. The van der Waals surface area contributed by atoms with Crippen molar-refractivity contribution in [1.29, 1.82) is 0 Å². The van der Waals surface area contributed by atoms with Crippen LogP contribution in [-0.2, 0) is 10.2 Å². The number of phenolic OH excluding ortho intramolecular Hbond substituents is 1. The molecule has 0 unspecified atom stereocenters. The topological polar surface area (TPSA) is 79.5 Å². The van der Waals surface area contributed by atoms with E-state index in [4.69, 9.17) is 23.2 Å². The zero-order valence-corrected chi connectivity index (χ0v) is 17.0. The molecule has 0 saturated carbocycles. The zero-order valence-electron chi connectivity index (χ0n) is 15.5. The molecule has 0 fully saturated rings. The van der Waals surface area contributed by atoms with Crippen LogP contribution < -0.4 is 0 Å². The fourth-order valence-corrected chi connectivity index (χ4v) is 3.67. The maximum Gasteiger partial charge on any atom is 0.313 e. The lowest BCUT2D eigenvalue weighted by Gasteiger charge is -2.20. The summed E-state index contributed by atoms with van der Waals surface area (Å²) in [6, 6.07) is 4.87. The van der Waals surface area contributed by atoms with Gasteiger partial charge in [-0.2, -0.15) is 0 Å². The van der Waals surface area contributed by atoms with Crippen LogP contribution in [0.2, 0.25) is 10.0 Å². The number of phenols is 1. The van der Waals surface area contributed by atoms with Gasteiger partial charge in [-0.05, 0) is 39.0 Å². The molecule has 0 atom stereocenters. The molecular weight excluding hydrogens is 427 g/mol. The van der Waals surface area contributed by atoms with E-state index >= 15 is 0 Å². The number of rotatable bonds is 3. The van der Waals surface area contributed by atoms with E-state index in [2.05, 4.69) is 0 Å². The number of halogens is 4. The Morgan fingerprint density at radius 1 is 1.10 bits per heavy atom. The summed E-state index contributed by atoms with van der Waals surface area (Å²) < 4.78 is 29.9. The average molecular weight is 442 g/mol. The maximum atomic E-state index is 14.8. The smallest absolute Gasteiger partial charge is 0.313 e. The molecule has 0 aliphatic heterocycles. The maximum absolute atomic E-state index is 14.8. The van der Waals surface area contributed by atoms with Gasteiger partial charge in [0.1, 0.15) is 0 Å². The molecule has 1 aromatic heterocycles. The number of carbonyl (C=O) groups is 2. The fraction of sp³-hybridized carbons (Fsp3) is 0.200. The predicted molar refractivity (Wildman–Crippen MR) is 105 cm³/mol. The van der Waals surface area contributed by atoms with E-state index in [0.717, 1.165) is 10.6 Å². The summed E-state index contributed by atoms with van der Waals surface area (Å²) in [6.45, 7) is 4.07. The highest BCUT2D eigenvalue weighted by molar-refractivity contribution is 6.42. The number of nitrogens with zero attached hydrogens (tertiary/aromatic N) is 1. The minimum absolute atomic E-state index is 0.0544. The van der Waals surface area contributed by atoms with Crippen LogP contribution in [-0.4, -0.2) is 26.7 Å². The Kier molecular flexibility index (Phi) is 5.09. The van der Waals surface area contributed by atoms with E-state index in [1.807, 2.05) is 0 Å². The molecular formula is C20H15Cl2F2NO4. The van der Waals surface area contributed by atoms with Gasteiger partial charge < -0.3 is 10.2 Å². The van der Waals surface area contributed by atoms with Gasteiger partial charge in [0.2, 0.25) is 0 Å². The van der Waals surface area contributed by atoms with Crippen molar-refractivity contribution in [3.63, 3.8) is 0 Å². The van der Waals surface area contributed by atoms with Gasteiger partial charge in [-0.15, -0.1) is 0 Å². The molecule has 2 N–H and O–H groups in total. The Morgan fingerprint density at radius 2 is 1.72 bits per heavy atom. The number of aromatic hydroxyl groups is 1. The standard InChI is InChI=1S/C20H15Cl2F2NO4/c1-8-15(20(2,3)19(28)29)14-13(7-12(23)17(26)16(14)24)25(8)18(27)9-4-5-10(21)11(22)6-9/h4-7,26H,1-3H3,(H,28,29).